The fourth-order valence-electron chi connectivity index (χ4n) is 12.8. The molecule has 0 aliphatic carbocycles. The molecule has 9 saturated heterocycles. The standard InChI is InChI=1S/C54H92O46/c55-1-10-19(63)22(66)31(75)47(85-10)94-41-13(4-58)88-49(35(79)26(41)70)96-43-15(6-60)90-51(37(81)28(43)72)98-45-17(8-62)92-52(39(83)30(45)74)99-44-16(7-61)91-50(38(82)29(44)73)97-42-14(5-59)89-48(36(80)27(42)71)95-40-12(3-57)87-46(34(78)25(40)69)84-9-18-21(65)24(68)33(77)54(93-18)100-53-32(76)23(67)20(64)11(2-56)86-53/h10-83H,1-9H2/t10-,11-,12-,13-,14-,15-,16-,17-,18-,19-,20-,21-,22+,23+,24+,25-,26-,27-,28-,29-,30-,31-,32-,33-,34-,35-,36-,37-,38-,39-,40-,41-,42-,43-,44-,45-,46-,47-,48-,49-,50-,51-,52-,53-,54-/m1/s1. The van der Waals surface area contributed by atoms with E-state index >= 15 is 0 Å². The minimum Gasteiger partial charge on any atom is -0.394 e. The lowest BCUT2D eigenvalue weighted by atomic mass is 9.95. The Morgan fingerprint density at radius 2 is 0.320 bits per heavy atom. The van der Waals surface area contributed by atoms with Crippen molar-refractivity contribution in [1.82, 2.24) is 0 Å². The van der Waals surface area contributed by atoms with Gasteiger partial charge in [-0.25, -0.2) is 0 Å². The maximum absolute atomic E-state index is 11.4. The fourth-order valence-corrected chi connectivity index (χ4v) is 12.8. The van der Waals surface area contributed by atoms with Crippen molar-refractivity contribution < 1.29 is 229 Å². The molecule has 0 aromatic heterocycles. The molecule has 46 nitrogen and oxygen atoms in total. The van der Waals surface area contributed by atoms with Gasteiger partial charge in [-0.2, -0.15) is 0 Å². The predicted octanol–water partition coefficient (Wildman–Crippen LogP) is -20.6. The summed E-state index contributed by atoms with van der Waals surface area (Å²) in [7, 11) is 0. The molecule has 0 amide bonds. The van der Waals surface area contributed by atoms with E-state index in [1.807, 2.05) is 0 Å². The minimum atomic E-state index is -2.29. The van der Waals surface area contributed by atoms with E-state index in [4.69, 9.17) is 80.5 Å². The highest BCUT2D eigenvalue weighted by atomic mass is 16.8. The number of rotatable bonds is 25. The Morgan fingerprint density at radius 1 is 0.160 bits per heavy atom. The first kappa shape index (κ1) is 82.2. The van der Waals surface area contributed by atoms with Crippen LogP contribution in [0.5, 0.6) is 0 Å². The molecule has 46 heteroatoms. The van der Waals surface area contributed by atoms with Gasteiger partial charge < -0.3 is 229 Å². The van der Waals surface area contributed by atoms with Gasteiger partial charge in [0.1, 0.15) is 220 Å². The highest BCUT2D eigenvalue weighted by molar-refractivity contribution is 5.02. The molecule has 9 aliphatic heterocycles. The lowest BCUT2D eigenvalue weighted by molar-refractivity contribution is -0.398. The van der Waals surface area contributed by atoms with Crippen molar-refractivity contribution in [3.63, 3.8) is 0 Å². The smallest absolute Gasteiger partial charge is 0.189 e. The van der Waals surface area contributed by atoms with Crippen molar-refractivity contribution in [3.05, 3.63) is 0 Å². The summed E-state index contributed by atoms with van der Waals surface area (Å²) in [6.45, 7) is -9.04. The summed E-state index contributed by atoms with van der Waals surface area (Å²) in [5, 5.41) is 310. The van der Waals surface area contributed by atoms with Gasteiger partial charge >= 0.3 is 0 Å². The van der Waals surface area contributed by atoms with Crippen molar-refractivity contribution in [1.29, 1.82) is 0 Å². The second kappa shape index (κ2) is 35.5. The van der Waals surface area contributed by atoms with Crippen LogP contribution in [0.1, 0.15) is 0 Å². The Balaban J connectivity index is 0.763. The van der Waals surface area contributed by atoms with Gasteiger partial charge in [-0.1, -0.05) is 0 Å². The monoisotopic (exact) mass is 1480 g/mol. The summed E-state index contributed by atoms with van der Waals surface area (Å²) in [4.78, 5) is 0. The van der Waals surface area contributed by atoms with Crippen LogP contribution in [0, 0.1) is 0 Å². The van der Waals surface area contributed by atoms with E-state index in [2.05, 4.69) is 0 Å². The number of aliphatic hydroxyl groups excluding tert-OH is 29. The first-order valence-electron chi connectivity index (χ1n) is 31.7. The number of hydrogen-bond donors (Lipinski definition) is 29. The van der Waals surface area contributed by atoms with Crippen molar-refractivity contribution in [2.24, 2.45) is 0 Å². The van der Waals surface area contributed by atoms with Crippen LogP contribution in [0.25, 0.3) is 0 Å². The summed E-state index contributed by atoms with van der Waals surface area (Å²) in [5.74, 6) is 0. The van der Waals surface area contributed by atoms with Crippen LogP contribution in [0.3, 0.4) is 0 Å². The van der Waals surface area contributed by atoms with Gasteiger partial charge in [0.15, 0.2) is 56.6 Å². The predicted molar refractivity (Wildman–Crippen MR) is 297 cm³/mol. The molecule has 0 aromatic carbocycles. The Bertz CT molecular complexity index is 2440. The average Bonchev–Trinajstić information content (AvgIpc) is 0.786. The normalized spacial score (nSPS) is 53.7. The summed E-state index contributed by atoms with van der Waals surface area (Å²) in [6.07, 6.45) is -88.9. The zero-order chi connectivity index (χ0) is 73.4. The van der Waals surface area contributed by atoms with Crippen molar-refractivity contribution >= 4 is 0 Å². The number of aliphatic hydroxyl groups is 29. The molecule has 0 unspecified atom stereocenters. The van der Waals surface area contributed by atoms with Gasteiger partial charge in [0.2, 0.25) is 0 Å². The first-order chi connectivity index (χ1) is 47.4. The quantitative estimate of drug-likeness (QED) is 0.0404. The Labute approximate surface area is 563 Å². The zero-order valence-electron chi connectivity index (χ0n) is 52.3. The molecular weight excluding hydrogens is 1380 g/mol. The average molecular weight is 1480 g/mol. The molecule has 9 aliphatic rings. The first-order valence-corrected chi connectivity index (χ1v) is 31.7. The lowest BCUT2D eigenvalue weighted by Crippen LogP contribution is -2.68. The van der Waals surface area contributed by atoms with Gasteiger partial charge in [-0.15, -0.1) is 0 Å². The highest BCUT2D eigenvalue weighted by Gasteiger charge is 2.60. The molecule has 9 rings (SSSR count). The summed E-state index contributed by atoms with van der Waals surface area (Å²) in [6, 6.07) is 0. The molecule has 100 heavy (non-hydrogen) atoms. The molecular formula is C54H92O46. The number of ether oxygens (including phenoxy) is 17. The van der Waals surface area contributed by atoms with Crippen molar-refractivity contribution in [2.45, 2.75) is 276 Å². The second-order valence-corrected chi connectivity index (χ2v) is 25.2. The molecule has 9 fully saturated rings. The van der Waals surface area contributed by atoms with Gasteiger partial charge in [0.25, 0.3) is 0 Å². The third-order valence-corrected chi connectivity index (χ3v) is 18.7. The maximum Gasteiger partial charge on any atom is 0.189 e. The molecule has 0 bridgehead atoms. The largest absolute Gasteiger partial charge is 0.394 e. The molecule has 0 aromatic rings. The minimum absolute atomic E-state index is 0.861. The molecule has 0 spiro atoms. The summed E-state index contributed by atoms with van der Waals surface area (Å²) in [5.41, 5.74) is 0. The highest BCUT2D eigenvalue weighted by Crippen LogP contribution is 2.39. The van der Waals surface area contributed by atoms with Crippen LogP contribution in [-0.2, 0) is 80.5 Å². The van der Waals surface area contributed by atoms with Crippen LogP contribution in [-0.4, -0.2) is 484 Å². The lowest BCUT2D eigenvalue weighted by Gasteiger charge is -2.50. The van der Waals surface area contributed by atoms with Crippen LogP contribution in [0.2, 0.25) is 0 Å². The van der Waals surface area contributed by atoms with E-state index in [1.54, 1.807) is 0 Å². The van der Waals surface area contributed by atoms with E-state index in [-0.39, 0.29) is 0 Å². The topological polar surface area (TPSA) is 744 Å². The molecule has 0 radical (unpaired) electrons. The van der Waals surface area contributed by atoms with E-state index in [0.29, 0.717) is 0 Å². The fraction of sp³-hybridized carbons (Fsp3) is 1.00. The molecule has 584 valence electrons. The van der Waals surface area contributed by atoms with Gasteiger partial charge in [0.05, 0.1) is 59.5 Å². The third kappa shape index (κ3) is 16.9. The molecule has 45 atom stereocenters. The third-order valence-electron chi connectivity index (χ3n) is 18.7. The zero-order valence-corrected chi connectivity index (χ0v) is 52.3. The van der Waals surface area contributed by atoms with Crippen LogP contribution in [0.4, 0.5) is 0 Å². The van der Waals surface area contributed by atoms with Crippen molar-refractivity contribution in [2.75, 3.05) is 59.5 Å². The van der Waals surface area contributed by atoms with Crippen LogP contribution in [0.15, 0.2) is 0 Å². The molecule has 9 heterocycles. The van der Waals surface area contributed by atoms with Gasteiger partial charge in [-0.05, 0) is 0 Å². The van der Waals surface area contributed by atoms with E-state index < -0.39 is 336 Å². The molecule has 0 saturated carbocycles. The Kier molecular flexibility index (Phi) is 29.2. The van der Waals surface area contributed by atoms with Crippen molar-refractivity contribution in [3.8, 4) is 0 Å². The summed E-state index contributed by atoms with van der Waals surface area (Å²) >= 11 is 0. The molecule has 29 N–H and O–H groups in total. The van der Waals surface area contributed by atoms with Crippen LogP contribution < -0.4 is 0 Å². The second-order valence-electron chi connectivity index (χ2n) is 25.2. The SMILES string of the molecule is OC[C@H]1O[C@H](O[C@H]2O[C@H](CO[C@@H]3O[C@H](CO)[C@@H](O[C@H]4O[C@H](CO)[C@@H](O[C@H]5O[C@H](CO)[C@@H](O[C@H]6O[C@H](CO)[C@@H](O[C@H]7O[C@H](CO)[C@@H](O[C@H]8O[C@H](CO)[C@@H](O[C@H]9O[C@H](CO)[C@@H](O)[C@H](O)[C@H]9O)[C@H](O)[C@H]8O)[C@H](O)[C@H]7O)[C@H](O)[C@H]6O)[C@H](O)[C@H]5O)[C@H](O)[C@H]4O)[C@H](O)[C@H]3O)[C@@H](O)[C@H](O)[C@H]2O)[C@H](O)[C@@H](O)[C@@H]1O. The number of hydrogen-bond acceptors (Lipinski definition) is 46. The Morgan fingerprint density at radius 3 is 0.540 bits per heavy atom. The van der Waals surface area contributed by atoms with Crippen LogP contribution >= 0.6 is 0 Å². The van der Waals surface area contributed by atoms with E-state index in [1.165, 1.54) is 0 Å². The Hall–Kier alpha value is -1.84. The summed E-state index contributed by atoms with van der Waals surface area (Å²) < 4.78 is 94.8. The van der Waals surface area contributed by atoms with Gasteiger partial charge in [0, 0.05) is 0 Å². The van der Waals surface area contributed by atoms with E-state index in [0.717, 1.165) is 0 Å². The van der Waals surface area contributed by atoms with Gasteiger partial charge in [-0.3, -0.25) is 0 Å². The van der Waals surface area contributed by atoms with E-state index in [9.17, 15) is 148 Å². The maximum atomic E-state index is 11.4.